The summed E-state index contributed by atoms with van der Waals surface area (Å²) < 4.78 is 0. The van der Waals surface area contributed by atoms with Gasteiger partial charge in [0.05, 0.1) is 0 Å². The maximum absolute atomic E-state index is 5.81. The second kappa shape index (κ2) is 4.58. The first kappa shape index (κ1) is 11.0. The summed E-state index contributed by atoms with van der Waals surface area (Å²) >= 11 is 4.56. The zero-order valence-electron chi connectivity index (χ0n) is 9.08. The van der Waals surface area contributed by atoms with Crippen molar-refractivity contribution in [2.45, 2.75) is 37.6 Å². The van der Waals surface area contributed by atoms with Gasteiger partial charge in [0.25, 0.3) is 0 Å². The molecule has 1 fully saturated rings. The quantitative estimate of drug-likeness (QED) is 0.754. The lowest BCUT2D eigenvalue weighted by molar-refractivity contribution is 0.498. The summed E-state index contributed by atoms with van der Waals surface area (Å²) in [7, 11) is 0. The Morgan fingerprint density at radius 1 is 1.20 bits per heavy atom. The van der Waals surface area contributed by atoms with Crippen molar-refractivity contribution in [3.8, 4) is 0 Å². The monoisotopic (exact) mass is 221 g/mol. The second-order valence-corrected chi connectivity index (χ2v) is 4.82. The highest BCUT2D eigenvalue weighted by atomic mass is 32.1. The van der Waals surface area contributed by atoms with Gasteiger partial charge >= 0.3 is 0 Å². The maximum Gasteiger partial charge on any atom is 0.0181 e. The highest BCUT2D eigenvalue weighted by molar-refractivity contribution is 7.80. The van der Waals surface area contributed by atoms with E-state index in [1.807, 2.05) is 0 Å². The Bertz CT molecular complexity index is 329. The average molecular weight is 221 g/mol. The molecule has 0 amide bonds. The van der Waals surface area contributed by atoms with E-state index in [9.17, 15) is 0 Å². The third-order valence-corrected chi connectivity index (χ3v) is 4.28. The Kier molecular flexibility index (Phi) is 3.37. The van der Waals surface area contributed by atoms with Crippen molar-refractivity contribution in [3.63, 3.8) is 0 Å². The first-order valence-corrected chi connectivity index (χ1v) is 6.35. The highest BCUT2D eigenvalue weighted by Gasteiger charge is 2.35. The zero-order chi connectivity index (χ0) is 10.7. The highest BCUT2D eigenvalue weighted by Crippen LogP contribution is 2.43. The second-order valence-electron chi connectivity index (χ2n) is 4.51. The van der Waals surface area contributed by atoms with Crippen LogP contribution in [0.1, 0.15) is 36.8 Å². The van der Waals surface area contributed by atoms with Gasteiger partial charge < -0.3 is 5.73 Å². The van der Waals surface area contributed by atoms with Crippen molar-refractivity contribution in [2.24, 2.45) is 5.73 Å². The van der Waals surface area contributed by atoms with Crippen LogP contribution in [-0.2, 0) is 12.0 Å². The number of hydrogen-bond acceptors (Lipinski definition) is 2. The third kappa shape index (κ3) is 1.93. The zero-order valence-corrected chi connectivity index (χ0v) is 9.97. The first-order chi connectivity index (χ1) is 7.32. The van der Waals surface area contributed by atoms with Crippen molar-refractivity contribution in [2.75, 3.05) is 5.75 Å². The Labute approximate surface area is 97.5 Å². The van der Waals surface area contributed by atoms with Crippen LogP contribution in [0.15, 0.2) is 24.3 Å². The molecule has 0 atom stereocenters. The van der Waals surface area contributed by atoms with Crippen molar-refractivity contribution in [1.29, 1.82) is 0 Å². The Hall–Kier alpha value is -0.470. The summed E-state index contributed by atoms with van der Waals surface area (Å²) in [5.41, 5.74) is 8.86. The predicted molar refractivity (Wildman–Crippen MR) is 68.3 cm³/mol. The van der Waals surface area contributed by atoms with Gasteiger partial charge in [0, 0.05) is 12.0 Å². The van der Waals surface area contributed by atoms with Gasteiger partial charge in [-0.3, -0.25) is 0 Å². The lowest BCUT2D eigenvalue weighted by atomic mass is 9.78. The molecular weight excluding hydrogens is 202 g/mol. The number of thiol groups is 1. The van der Waals surface area contributed by atoms with E-state index in [2.05, 4.69) is 36.9 Å². The van der Waals surface area contributed by atoms with Gasteiger partial charge in [0.15, 0.2) is 0 Å². The molecule has 82 valence electrons. The van der Waals surface area contributed by atoms with Gasteiger partial charge in [-0.25, -0.2) is 0 Å². The molecule has 2 N–H and O–H groups in total. The van der Waals surface area contributed by atoms with E-state index in [-0.39, 0.29) is 0 Å². The van der Waals surface area contributed by atoms with Crippen LogP contribution < -0.4 is 5.73 Å². The Morgan fingerprint density at radius 2 is 1.87 bits per heavy atom. The molecule has 0 saturated heterocycles. The Morgan fingerprint density at radius 3 is 2.47 bits per heavy atom. The van der Waals surface area contributed by atoms with E-state index in [0.717, 1.165) is 5.75 Å². The molecular formula is C13H19NS. The number of hydrogen-bond donors (Lipinski definition) is 2. The van der Waals surface area contributed by atoms with Crippen LogP contribution in [-0.4, -0.2) is 5.75 Å². The molecule has 0 radical (unpaired) electrons. The van der Waals surface area contributed by atoms with Crippen molar-refractivity contribution >= 4 is 12.6 Å². The summed E-state index contributed by atoms with van der Waals surface area (Å²) in [5.74, 6) is 0.948. The molecule has 0 aliphatic heterocycles. The van der Waals surface area contributed by atoms with Crippen molar-refractivity contribution < 1.29 is 0 Å². The van der Waals surface area contributed by atoms with Gasteiger partial charge in [-0.2, -0.15) is 12.6 Å². The minimum atomic E-state index is 0.305. The molecule has 1 aromatic rings. The standard InChI is InChI=1S/C13H19NS/c14-9-11-5-1-2-6-12(11)13(10-15)7-3-4-8-13/h1-2,5-6,15H,3-4,7-10,14H2. The molecule has 0 aromatic heterocycles. The molecule has 2 rings (SSSR count). The maximum atomic E-state index is 5.81. The fourth-order valence-electron chi connectivity index (χ4n) is 2.78. The van der Waals surface area contributed by atoms with E-state index in [1.54, 1.807) is 0 Å². The first-order valence-electron chi connectivity index (χ1n) is 5.72. The summed E-state index contributed by atoms with van der Waals surface area (Å²) in [6, 6.07) is 8.59. The van der Waals surface area contributed by atoms with Crippen molar-refractivity contribution in [3.05, 3.63) is 35.4 Å². The molecule has 1 aliphatic carbocycles. The van der Waals surface area contributed by atoms with Gasteiger partial charge in [0.2, 0.25) is 0 Å². The van der Waals surface area contributed by atoms with Gasteiger partial charge in [0.1, 0.15) is 0 Å². The number of nitrogens with two attached hydrogens (primary N) is 1. The normalized spacial score (nSPS) is 19.3. The van der Waals surface area contributed by atoms with Crippen molar-refractivity contribution in [1.82, 2.24) is 0 Å². The number of benzene rings is 1. The van der Waals surface area contributed by atoms with E-state index in [1.165, 1.54) is 36.8 Å². The molecule has 0 heterocycles. The van der Waals surface area contributed by atoms with Gasteiger partial charge in [-0.1, -0.05) is 37.1 Å². The topological polar surface area (TPSA) is 26.0 Å². The summed E-state index contributed by atoms with van der Waals surface area (Å²) in [6.45, 7) is 0.645. The molecule has 0 unspecified atom stereocenters. The SMILES string of the molecule is NCc1ccccc1C1(CS)CCCC1. The largest absolute Gasteiger partial charge is 0.326 e. The molecule has 1 aromatic carbocycles. The number of rotatable bonds is 3. The van der Waals surface area contributed by atoms with E-state index < -0.39 is 0 Å². The molecule has 0 bridgehead atoms. The predicted octanol–water partition coefficient (Wildman–Crippen LogP) is 2.89. The average Bonchev–Trinajstić information content (AvgIpc) is 2.79. The van der Waals surface area contributed by atoms with Crippen LogP contribution in [0.4, 0.5) is 0 Å². The van der Waals surface area contributed by atoms with Crippen LogP contribution in [0.2, 0.25) is 0 Å². The van der Waals surface area contributed by atoms with Crippen LogP contribution >= 0.6 is 12.6 Å². The molecule has 0 spiro atoms. The molecule has 1 aliphatic rings. The molecule has 1 nitrogen and oxygen atoms in total. The summed E-state index contributed by atoms with van der Waals surface area (Å²) in [6.07, 6.45) is 5.21. The van der Waals surface area contributed by atoms with E-state index >= 15 is 0 Å². The lowest BCUT2D eigenvalue weighted by Crippen LogP contribution is -2.26. The van der Waals surface area contributed by atoms with Crippen LogP contribution in [0.25, 0.3) is 0 Å². The Balaban J connectivity index is 2.41. The minimum absolute atomic E-state index is 0.305. The smallest absolute Gasteiger partial charge is 0.0181 e. The molecule has 2 heteroatoms. The fourth-order valence-corrected chi connectivity index (χ4v) is 3.27. The fraction of sp³-hybridized carbons (Fsp3) is 0.538. The molecule has 1 saturated carbocycles. The van der Waals surface area contributed by atoms with Crippen LogP contribution in [0.5, 0.6) is 0 Å². The summed E-state index contributed by atoms with van der Waals surface area (Å²) in [5, 5.41) is 0. The van der Waals surface area contributed by atoms with Crippen LogP contribution in [0, 0.1) is 0 Å². The van der Waals surface area contributed by atoms with Crippen LogP contribution in [0.3, 0.4) is 0 Å². The van der Waals surface area contributed by atoms with E-state index in [0.29, 0.717) is 12.0 Å². The summed E-state index contributed by atoms with van der Waals surface area (Å²) in [4.78, 5) is 0. The van der Waals surface area contributed by atoms with Gasteiger partial charge in [-0.05, 0) is 29.7 Å². The van der Waals surface area contributed by atoms with Gasteiger partial charge in [-0.15, -0.1) is 0 Å². The molecule has 15 heavy (non-hydrogen) atoms. The minimum Gasteiger partial charge on any atom is -0.326 e. The van der Waals surface area contributed by atoms with E-state index in [4.69, 9.17) is 5.73 Å². The third-order valence-electron chi connectivity index (χ3n) is 3.67. The lowest BCUT2D eigenvalue weighted by Gasteiger charge is -2.29.